The van der Waals surface area contributed by atoms with Gasteiger partial charge in [0.2, 0.25) is 11.8 Å². The van der Waals surface area contributed by atoms with Gasteiger partial charge in [-0.05, 0) is 13.8 Å². The van der Waals surface area contributed by atoms with E-state index in [9.17, 15) is 9.59 Å². The molecular weight excluding hydrogens is 142 g/mol. The van der Waals surface area contributed by atoms with Crippen LogP contribution in [0.3, 0.4) is 0 Å². The highest BCUT2D eigenvalue weighted by Crippen LogP contribution is 2.31. The van der Waals surface area contributed by atoms with Crippen molar-refractivity contribution in [2.75, 3.05) is 6.54 Å². The molecule has 0 aromatic rings. The second-order valence-electron chi connectivity index (χ2n) is 3.13. The Morgan fingerprint density at radius 3 is 2.27 bits per heavy atom. The molecule has 0 spiro atoms. The van der Waals surface area contributed by atoms with E-state index in [0.29, 0.717) is 6.54 Å². The number of carbonyl (C=O) groups is 2. The zero-order valence-electron chi connectivity index (χ0n) is 6.76. The van der Waals surface area contributed by atoms with Crippen LogP contribution in [0.15, 0.2) is 12.7 Å². The smallest absolute Gasteiger partial charge is 0.244 e. The van der Waals surface area contributed by atoms with Crippen LogP contribution in [0, 0.1) is 5.41 Å². The average molecular weight is 153 g/mol. The van der Waals surface area contributed by atoms with E-state index >= 15 is 0 Å². The van der Waals surface area contributed by atoms with E-state index in [0.717, 1.165) is 0 Å². The van der Waals surface area contributed by atoms with Crippen LogP contribution in [-0.4, -0.2) is 23.3 Å². The SMILES string of the molecule is C=CCN1C(=O)C(C)(C)C1=O. The van der Waals surface area contributed by atoms with Gasteiger partial charge in [-0.2, -0.15) is 0 Å². The third-order valence-electron chi connectivity index (χ3n) is 1.87. The monoisotopic (exact) mass is 153 g/mol. The maximum atomic E-state index is 11.1. The van der Waals surface area contributed by atoms with E-state index in [-0.39, 0.29) is 11.8 Å². The number of rotatable bonds is 2. The van der Waals surface area contributed by atoms with E-state index < -0.39 is 5.41 Å². The fourth-order valence-corrected chi connectivity index (χ4v) is 1.10. The van der Waals surface area contributed by atoms with Crippen LogP contribution in [0.5, 0.6) is 0 Å². The van der Waals surface area contributed by atoms with Crippen molar-refractivity contribution in [2.45, 2.75) is 13.8 Å². The minimum atomic E-state index is -0.789. The van der Waals surface area contributed by atoms with Gasteiger partial charge in [0, 0.05) is 6.54 Å². The lowest BCUT2D eigenvalue weighted by atomic mass is 9.82. The van der Waals surface area contributed by atoms with Crippen molar-refractivity contribution in [1.82, 2.24) is 4.90 Å². The summed E-state index contributed by atoms with van der Waals surface area (Å²) in [5.41, 5.74) is -0.789. The Morgan fingerprint density at radius 2 is 1.91 bits per heavy atom. The van der Waals surface area contributed by atoms with Gasteiger partial charge in [0.05, 0.1) is 0 Å². The molecule has 11 heavy (non-hydrogen) atoms. The first-order valence-electron chi connectivity index (χ1n) is 3.49. The maximum absolute atomic E-state index is 11.1. The first-order valence-corrected chi connectivity index (χ1v) is 3.49. The maximum Gasteiger partial charge on any atom is 0.244 e. The van der Waals surface area contributed by atoms with E-state index in [2.05, 4.69) is 6.58 Å². The molecule has 0 aromatic heterocycles. The van der Waals surface area contributed by atoms with Crippen molar-refractivity contribution in [3.05, 3.63) is 12.7 Å². The normalized spacial score (nSPS) is 21.5. The van der Waals surface area contributed by atoms with Crippen molar-refractivity contribution < 1.29 is 9.59 Å². The summed E-state index contributed by atoms with van der Waals surface area (Å²) in [7, 11) is 0. The minimum Gasteiger partial charge on any atom is -0.277 e. The number of imide groups is 1. The number of hydrogen-bond donors (Lipinski definition) is 0. The summed E-state index contributed by atoms with van der Waals surface area (Å²) in [4.78, 5) is 23.5. The largest absolute Gasteiger partial charge is 0.277 e. The number of likely N-dealkylation sites (tertiary alicyclic amines) is 1. The molecule has 3 nitrogen and oxygen atoms in total. The third kappa shape index (κ3) is 0.878. The second kappa shape index (κ2) is 2.19. The van der Waals surface area contributed by atoms with Crippen molar-refractivity contribution in [1.29, 1.82) is 0 Å². The summed E-state index contributed by atoms with van der Waals surface area (Å²) < 4.78 is 0. The molecule has 1 saturated heterocycles. The second-order valence-corrected chi connectivity index (χ2v) is 3.13. The van der Waals surface area contributed by atoms with E-state index in [4.69, 9.17) is 0 Å². The molecule has 0 unspecified atom stereocenters. The van der Waals surface area contributed by atoms with Gasteiger partial charge in [-0.25, -0.2) is 0 Å². The Bertz CT molecular complexity index is 212. The Balaban J connectivity index is 2.72. The summed E-state index contributed by atoms with van der Waals surface area (Å²) in [6.45, 7) is 7.06. The van der Waals surface area contributed by atoms with Crippen LogP contribution in [0.25, 0.3) is 0 Å². The predicted molar refractivity (Wildman–Crippen MR) is 40.7 cm³/mol. The Kier molecular flexibility index (Phi) is 1.59. The molecule has 0 saturated carbocycles. The van der Waals surface area contributed by atoms with Gasteiger partial charge in [-0.15, -0.1) is 6.58 Å². The standard InChI is InChI=1S/C8H11NO2/c1-4-5-9-6(10)8(2,3)7(9)11/h4H,1,5H2,2-3H3. The van der Waals surface area contributed by atoms with Crippen molar-refractivity contribution >= 4 is 11.8 Å². The molecule has 60 valence electrons. The summed E-state index contributed by atoms with van der Waals surface area (Å²) in [5, 5.41) is 0. The molecule has 0 aromatic carbocycles. The lowest BCUT2D eigenvalue weighted by molar-refractivity contribution is -0.172. The molecule has 0 atom stereocenters. The first kappa shape index (κ1) is 7.98. The molecule has 0 aliphatic carbocycles. The highest BCUT2D eigenvalue weighted by molar-refractivity contribution is 6.21. The number of hydrogen-bond acceptors (Lipinski definition) is 2. The minimum absolute atomic E-state index is 0.109. The van der Waals surface area contributed by atoms with Gasteiger partial charge >= 0.3 is 0 Å². The molecule has 1 rings (SSSR count). The highest BCUT2D eigenvalue weighted by Gasteiger charge is 2.53. The van der Waals surface area contributed by atoms with E-state index in [1.165, 1.54) is 4.90 Å². The third-order valence-corrected chi connectivity index (χ3v) is 1.87. The van der Waals surface area contributed by atoms with Gasteiger partial charge in [-0.3, -0.25) is 14.5 Å². The lowest BCUT2D eigenvalue weighted by Crippen LogP contribution is -2.63. The number of carbonyl (C=O) groups excluding carboxylic acids is 2. The zero-order chi connectivity index (χ0) is 8.65. The highest BCUT2D eigenvalue weighted by atomic mass is 16.2. The van der Waals surface area contributed by atoms with E-state index in [1.807, 2.05) is 0 Å². The molecule has 1 aliphatic rings. The van der Waals surface area contributed by atoms with Gasteiger partial charge in [0.1, 0.15) is 5.41 Å². The van der Waals surface area contributed by atoms with Crippen LogP contribution in [0.2, 0.25) is 0 Å². The lowest BCUT2D eigenvalue weighted by Gasteiger charge is -2.41. The summed E-state index contributed by atoms with van der Waals surface area (Å²) >= 11 is 0. The van der Waals surface area contributed by atoms with Crippen LogP contribution < -0.4 is 0 Å². The molecule has 3 heteroatoms. The van der Waals surface area contributed by atoms with Gasteiger partial charge in [0.15, 0.2) is 0 Å². The molecule has 0 bridgehead atoms. The summed E-state index contributed by atoms with van der Waals surface area (Å²) in [5.74, 6) is -0.218. The van der Waals surface area contributed by atoms with Crippen molar-refractivity contribution in [2.24, 2.45) is 5.41 Å². The average Bonchev–Trinajstić information content (AvgIpc) is 1.98. The molecule has 0 N–H and O–H groups in total. The van der Waals surface area contributed by atoms with Crippen LogP contribution in [0.4, 0.5) is 0 Å². The summed E-state index contributed by atoms with van der Waals surface area (Å²) in [6, 6.07) is 0. The summed E-state index contributed by atoms with van der Waals surface area (Å²) in [6.07, 6.45) is 1.55. The molecular formula is C8H11NO2. The molecule has 0 radical (unpaired) electrons. The predicted octanol–water partition coefficient (Wildman–Crippen LogP) is 0.567. The van der Waals surface area contributed by atoms with Gasteiger partial charge < -0.3 is 0 Å². The molecule has 2 amide bonds. The fourth-order valence-electron chi connectivity index (χ4n) is 1.10. The van der Waals surface area contributed by atoms with Gasteiger partial charge in [0.25, 0.3) is 0 Å². The van der Waals surface area contributed by atoms with Gasteiger partial charge in [-0.1, -0.05) is 6.08 Å². The molecule has 1 fully saturated rings. The topological polar surface area (TPSA) is 37.4 Å². The first-order chi connectivity index (χ1) is 5.01. The number of nitrogens with zero attached hydrogens (tertiary/aromatic N) is 1. The van der Waals surface area contributed by atoms with Crippen LogP contribution in [-0.2, 0) is 9.59 Å². The van der Waals surface area contributed by atoms with Crippen LogP contribution in [0.1, 0.15) is 13.8 Å². The van der Waals surface area contributed by atoms with Crippen molar-refractivity contribution in [3.63, 3.8) is 0 Å². The van der Waals surface area contributed by atoms with Crippen LogP contribution >= 0.6 is 0 Å². The molecule has 1 heterocycles. The molecule has 1 aliphatic heterocycles. The Morgan fingerprint density at radius 1 is 1.45 bits per heavy atom. The number of β-lactam (4-membered cyclic amide) rings is 2. The van der Waals surface area contributed by atoms with E-state index in [1.54, 1.807) is 19.9 Å². The quantitative estimate of drug-likeness (QED) is 0.330. The number of amides is 2. The van der Waals surface area contributed by atoms with Crippen molar-refractivity contribution in [3.8, 4) is 0 Å². The zero-order valence-corrected chi connectivity index (χ0v) is 6.76. The Labute approximate surface area is 65.7 Å². The fraction of sp³-hybridized carbons (Fsp3) is 0.500. The Hall–Kier alpha value is -1.12.